The van der Waals surface area contributed by atoms with Gasteiger partial charge in [-0.3, -0.25) is 9.59 Å². The zero-order valence-corrected chi connectivity index (χ0v) is 11.7. The number of amides is 2. The van der Waals surface area contributed by atoms with Gasteiger partial charge in [-0.1, -0.05) is 48.5 Å². The third-order valence-corrected chi connectivity index (χ3v) is 2.87. The molecule has 4 heteroatoms. The smallest absolute Gasteiger partial charge is 0.267 e. The highest BCUT2D eigenvalue weighted by Crippen LogP contribution is 2.06. The van der Waals surface area contributed by atoms with Crippen LogP contribution in [0.5, 0.6) is 0 Å². The number of hydrogen-bond acceptors (Lipinski definition) is 2. The molecular formula is C17H16N2O2. The predicted octanol–water partition coefficient (Wildman–Crippen LogP) is 2.20. The lowest BCUT2D eigenvalue weighted by Crippen LogP contribution is -2.33. The van der Waals surface area contributed by atoms with E-state index < -0.39 is 0 Å². The van der Waals surface area contributed by atoms with Gasteiger partial charge in [0.05, 0.1) is 0 Å². The molecule has 2 aromatic rings. The summed E-state index contributed by atoms with van der Waals surface area (Å²) >= 11 is 0. The van der Waals surface area contributed by atoms with Gasteiger partial charge >= 0.3 is 0 Å². The fraction of sp³-hybridized carbons (Fsp3) is 0.0588. The molecule has 0 unspecified atom stereocenters. The highest BCUT2D eigenvalue weighted by molar-refractivity contribution is 6.05. The Morgan fingerprint density at radius 3 is 2.05 bits per heavy atom. The number of likely N-dealkylation sites (N-methyl/N-ethyl adjacent to an activating group) is 1. The summed E-state index contributed by atoms with van der Waals surface area (Å²) < 4.78 is 0. The van der Waals surface area contributed by atoms with Gasteiger partial charge in [0.15, 0.2) is 0 Å². The Morgan fingerprint density at radius 1 is 0.905 bits per heavy atom. The normalized spacial score (nSPS) is 10.8. The van der Waals surface area contributed by atoms with Gasteiger partial charge in [0.1, 0.15) is 5.70 Å². The van der Waals surface area contributed by atoms with E-state index in [1.807, 2.05) is 36.4 Å². The van der Waals surface area contributed by atoms with Crippen molar-refractivity contribution in [3.8, 4) is 0 Å². The summed E-state index contributed by atoms with van der Waals surface area (Å²) in [5, 5.41) is 5.16. The number of rotatable bonds is 4. The first-order valence-corrected chi connectivity index (χ1v) is 6.56. The number of carbonyl (C=O) groups excluding carboxylic acids is 2. The third kappa shape index (κ3) is 4.04. The fourth-order valence-corrected chi connectivity index (χ4v) is 1.79. The van der Waals surface area contributed by atoms with Gasteiger partial charge in [-0.2, -0.15) is 0 Å². The Hall–Kier alpha value is -2.88. The molecule has 2 aromatic carbocycles. The molecule has 0 spiro atoms. The van der Waals surface area contributed by atoms with E-state index in [2.05, 4.69) is 10.6 Å². The Balaban J connectivity index is 2.24. The van der Waals surface area contributed by atoms with Crippen LogP contribution in [0.3, 0.4) is 0 Å². The highest BCUT2D eigenvalue weighted by Gasteiger charge is 2.12. The molecule has 0 saturated heterocycles. The summed E-state index contributed by atoms with van der Waals surface area (Å²) in [6, 6.07) is 18.1. The van der Waals surface area contributed by atoms with E-state index in [1.165, 1.54) is 7.05 Å². The minimum absolute atomic E-state index is 0.206. The first kappa shape index (κ1) is 14.5. The van der Waals surface area contributed by atoms with Crippen molar-refractivity contribution in [1.82, 2.24) is 10.6 Å². The molecule has 0 aromatic heterocycles. The second kappa shape index (κ2) is 7.05. The van der Waals surface area contributed by atoms with Gasteiger partial charge < -0.3 is 10.6 Å². The maximum atomic E-state index is 12.1. The highest BCUT2D eigenvalue weighted by atomic mass is 16.2. The minimum Gasteiger partial charge on any atom is -0.354 e. The summed E-state index contributed by atoms with van der Waals surface area (Å²) in [6.45, 7) is 0. The van der Waals surface area contributed by atoms with Crippen molar-refractivity contribution >= 4 is 17.9 Å². The Labute approximate surface area is 123 Å². The fourth-order valence-electron chi connectivity index (χ4n) is 1.79. The molecule has 0 aliphatic carbocycles. The molecule has 0 radical (unpaired) electrons. The van der Waals surface area contributed by atoms with Gasteiger partial charge in [0, 0.05) is 12.6 Å². The summed E-state index contributed by atoms with van der Waals surface area (Å²) in [4.78, 5) is 24.0. The van der Waals surface area contributed by atoms with Crippen LogP contribution >= 0.6 is 0 Å². The number of carbonyl (C=O) groups is 2. The predicted molar refractivity (Wildman–Crippen MR) is 82.4 cm³/mol. The first-order chi connectivity index (χ1) is 10.2. The van der Waals surface area contributed by atoms with E-state index in [1.54, 1.807) is 30.3 Å². The largest absolute Gasteiger partial charge is 0.354 e. The summed E-state index contributed by atoms with van der Waals surface area (Å²) in [5.74, 6) is -0.662. The molecule has 0 aliphatic rings. The van der Waals surface area contributed by atoms with Crippen molar-refractivity contribution in [2.45, 2.75) is 0 Å². The summed E-state index contributed by atoms with van der Waals surface area (Å²) in [7, 11) is 1.52. The molecule has 2 rings (SSSR count). The molecule has 0 atom stereocenters. The Bertz CT molecular complexity index is 649. The van der Waals surface area contributed by atoms with Crippen molar-refractivity contribution in [2.24, 2.45) is 0 Å². The van der Waals surface area contributed by atoms with Gasteiger partial charge in [0.25, 0.3) is 11.8 Å². The molecule has 0 heterocycles. The summed E-state index contributed by atoms with van der Waals surface area (Å²) in [6.07, 6.45) is 1.64. The number of benzene rings is 2. The van der Waals surface area contributed by atoms with Crippen LogP contribution in [0.25, 0.3) is 6.08 Å². The molecule has 0 aliphatic heterocycles. The van der Waals surface area contributed by atoms with Gasteiger partial charge in [-0.15, -0.1) is 0 Å². The van der Waals surface area contributed by atoms with Crippen LogP contribution in [0.4, 0.5) is 0 Å². The van der Waals surface area contributed by atoms with Crippen LogP contribution in [0.15, 0.2) is 66.4 Å². The van der Waals surface area contributed by atoms with Crippen LogP contribution < -0.4 is 10.6 Å². The maximum absolute atomic E-state index is 12.1. The topological polar surface area (TPSA) is 58.2 Å². The van der Waals surface area contributed by atoms with Crippen molar-refractivity contribution in [3.63, 3.8) is 0 Å². The van der Waals surface area contributed by atoms with Crippen LogP contribution in [-0.2, 0) is 4.79 Å². The molecular weight excluding hydrogens is 264 g/mol. The van der Waals surface area contributed by atoms with Crippen molar-refractivity contribution in [3.05, 3.63) is 77.5 Å². The second-order valence-corrected chi connectivity index (χ2v) is 4.37. The minimum atomic E-state index is -0.344. The third-order valence-electron chi connectivity index (χ3n) is 2.87. The van der Waals surface area contributed by atoms with E-state index in [9.17, 15) is 9.59 Å². The van der Waals surface area contributed by atoms with E-state index in [0.29, 0.717) is 5.56 Å². The maximum Gasteiger partial charge on any atom is 0.267 e. The number of nitrogens with one attached hydrogen (secondary N) is 2. The molecule has 0 fully saturated rings. The molecule has 4 nitrogen and oxygen atoms in total. The van der Waals surface area contributed by atoms with Crippen molar-refractivity contribution in [2.75, 3.05) is 7.05 Å². The van der Waals surface area contributed by atoms with E-state index >= 15 is 0 Å². The lowest BCUT2D eigenvalue weighted by molar-refractivity contribution is -0.117. The van der Waals surface area contributed by atoms with Crippen LogP contribution in [-0.4, -0.2) is 18.9 Å². The Kier molecular flexibility index (Phi) is 4.88. The molecule has 106 valence electrons. The SMILES string of the molecule is CNC(=O)/C(=C\c1ccccc1)NC(=O)c1ccccc1. The van der Waals surface area contributed by atoms with Crippen LogP contribution in [0.2, 0.25) is 0 Å². The molecule has 0 bridgehead atoms. The van der Waals surface area contributed by atoms with E-state index in [-0.39, 0.29) is 17.5 Å². The second-order valence-electron chi connectivity index (χ2n) is 4.37. The van der Waals surface area contributed by atoms with E-state index in [0.717, 1.165) is 5.56 Å². The quantitative estimate of drug-likeness (QED) is 0.844. The van der Waals surface area contributed by atoms with Gasteiger partial charge in [0.2, 0.25) is 0 Å². The zero-order valence-electron chi connectivity index (χ0n) is 11.7. The average Bonchev–Trinajstić information content (AvgIpc) is 2.55. The number of hydrogen-bond donors (Lipinski definition) is 2. The van der Waals surface area contributed by atoms with Crippen molar-refractivity contribution in [1.29, 1.82) is 0 Å². The monoisotopic (exact) mass is 280 g/mol. The lowest BCUT2D eigenvalue weighted by Gasteiger charge is -2.09. The average molecular weight is 280 g/mol. The standard InChI is InChI=1S/C17H16N2O2/c1-18-17(21)15(12-13-8-4-2-5-9-13)19-16(20)14-10-6-3-7-11-14/h2-12H,1H3,(H,18,21)(H,19,20)/b15-12+. The van der Waals surface area contributed by atoms with Crippen LogP contribution in [0, 0.1) is 0 Å². The molecule has 0 saturated carbocycles. The van der Waals surface area contributed by atoms with Crippen LogP contribution in [0.1, 0.15) is 15.9 Å². The van der Waals surface area contributed by atoms with Crippen molar-refractivity contribution < 1.29 is 9.59 Å². The summed E-state index contributed by atoms with van der Waals surface area (Å²) in [5.41, 5.74) is 1.54. The molecule has 21 heavy (non-hydrogen) atoms. The Morgan fingerprint density at radius 2 is 1.48 bits per heavy atom. The van der Waals surface area contributed by atoms with E-state index in [4.69, 9.17) is 0 Å². The molecule has 2 amide bonds. The van der Waals surface area contributed by atoms with Gasteiger partial charge in [-0.25, -0.2) is 0 Å². The van der Waals surface area contributed by atoms with Gasteiger partial charge in [-0.05, 0) is 23.8 Å². The zero-order chi connectivity index (χ0) is 15.1. The first-order valence-electron chi connectivity index (χ1n) is 6.56. The molecule has 2 N–H and O–H groups in total. The lowest BCUT2D eigenvalue weighted by atomic mass is 10.1.